The normalized spacial score (nSPS) is 11.5. The zero-order valence-electron chi connectivity index (χ0n) is 30.2. The standard InChI is InChI=1S/C49H29N5O3/c1-4-13-30(14-5-1)44-43(55-34-17-8-3-9-18-34)29-50-46(51-44)33-23-25-36-39-27-32(24-26-41(39)56-42(36)28-33)48-52-47(31-15-6-2-7-16-31)53-49(54-48)38-21-12-20-37-35-19-10-11-22-40(35)57-45(37)38/h1-29H. The van der Waals surface area contributed by atoms with Gasteiger partial charge in [-0.1, -0.05) is 115 Å². The van der Waals surface area contributed by atoms with E-state index in [1.807, 2.05) is 146 Å². The molecule has 11 rings (SSSR count). The van der Waals surface area contributed by atoms with Gasteiger partial charge in [-0.3, -0.25) is 0 Å². The van der Waals surface area contributed by atoms with E-state index in [2.05, 4.69) is 24.3 Å². The van der Waals surface area contributed by atoms with Gasteiger partial charge >= 0.3 is 0 Å². The molecule has 0 amide bonds. The van der Waals surface area contributed by atoms with Gasteiger partial charge < -0.3 is 13.6 Å². The van der Waals surface area contributed by atoms with Crippen molar-refractivity contribution in [2.24, 2.45) is 0 Å². The fourth-order valence-corrected chi connectivity index (χ4v) is 7.32. The van der Waals surface area contributed by atoms with Gasteiger partial charge in [0.1, 0.15) is 33.8 Å². The Balaban J connectivity index is 1.01. The molecule has 8 nitrogen and oxygen atoms in total. The van der Waals surface area contributed by atoms with Crippen molar-refractivity contribution in [2.75, 3.05) is 0 Å². The Kier molecular flexibility index (Phi) is 7.63. The van der Waals surface area contributed by atoms with Crippen molar-refractivity contribution in [3.05, 3.63) is 176 Å². The topological polar surface area (TPSA) is 100.0 Å². The van der Waals surface area contributed by atoms with E-state index in [0.717, 1.165) is 66.1 Å². The van der Waals surface area contributed by atoms with Gasteiger partial charge in [-0.05, 0) is 54.6 Å². The highest BCUT2D eigenvalue weighted by Gasteiger charge is 2.19. The highest BCUT2D eigenvalue weighted by atomic mass is 16.5. The largest absolute Gasteiger partial charge is 0.456 e. The summed E-state index contributed by atoms with van der Waals surface area (Å²) in [7, 11) is 0. The maximum absolute atomic E-state index is 6.44. The van der Waals surface area contributed by atoms with Crippen molar-refractivity contribution in [3.8, 4) is 68.3 Å². The van der Waals surface area contributed by atoms with Crippen LogP contribution in [0.2, 0.25) is 0 Å². The summed E-state index contributed by atoms with van der Waals surface area (Å²) in [6.45, 7) is 0. The molecule has 0 atom stereocenters. The second-order valence-electron chi connectivity index (χ2n) is 13.7. The maximum atomic E-state index is 6.44. The molecular weight excluding hydrogens is 707 g/mol. The van der Waals surface area contributed by atoms with Crippen LogP contribution in [0.25, 0.3) is 101 Å². The zero-order chi connectivity index (χ0) is 37.7. The number of aromatic nitrogens is 5. The molecule has 0 bridgehead atoms. The summed E-state index contributed by atoms with van der Waals surface area (Å²) in [5, 5.41) is 3.95. The number of benzene rings is 7. The first kappa shape index (κ1) is 32.5. The Bertz CT molecular complexity index is 3270. The van der Waals surface area contributed by atoms with Crippen molar-refractivity contribution in [1.82, 2.24) is 24.9 Å². The summed E-state index contributed by atoms with van der Waals surface area (Å²) in [4.78, 5) is 24.8. The Hall–Kier alpha value is -7.97. The van der Waals surface area contributed by atoms with Gasteiger partial charge in [-0.25, -0.2) is 24.9 Å². The Labute approximate surface area is 325 Å². The van der Waals surface area contributed by atoms with E-state index in [1.54, 1.807) is 6.20 Å². The second-order valence-corrected chi connectivity index (χ2v) is 13.7. The summed E-state index contributed by atoms with van der Waals surface area (Å²) in [5.74, 6) is 3.48. The van der Waals surface area contributed by atoms with E-state index < -0.39 is 0 Å². The number of hydrogen-bond donors (Lipinski definition) is 0. The molecule has 4 aromatic heterocycles. The van der Waals surface area contributed by atoms with E-state index >= 15 is 0 Å². The minimum atomic E-state index is 0.528. The number of rotatable bonds is 7. The average Bonchev–Trinajstić information content (AvgIpc) is 3.85. The molecule has 7 aromatic carbocycles. The molecule has 0 aliphatic rings. The van der Waals surface area contributed by atoms with E-state index in [1.165, 1.54) is 0 Å². The van der Waals surface area contributed by atoms with Crippen molar-refractivity contribution in [3.63, 3.8) is 0 Å². The predicted molar refractivity (Wildman–Crippen MR) is 224 cm³/mol. The third-order valence-corrected chi connectivity index (χ3v) is 10.1. The van der Waals surface area contributed by atoms with Crippen LogP contribution in [0.3, 0.4) is 0 Å². The predicted octanol–water partition coefficient (Wildman–Crippen LogP) is 12.6. The Morgan fingerprint density at radius 1 is 0.386 bits per heavy atom. The lowest BCUT2D eigenvalue weighted by atomic mass is 10.1. The van der Waals surface area contributed by atoms with Gasteiger partial charge in [0.25, 0.3) is 0 Å². The van der Waals surface area contributed by atoms with Crippen LogP contribution in [-0.2, 0) is 0 Å². The third-order valence-electron chi connectivity index (χ3n) is 10.1. The maximum Gasteiger partial charge on any atom is 0.172 e. The van der Waals surface area contributed by atoms with Gasteiger partial charge in [0.2, 0.25) is 0 Å². The number of para-hydroxylation sites is 3. The lowest BCUT2D eigenvalue weighted by Gasteiger charge is -2.12. The fourth-order valence-electron chi connectivity index (χ4n) is 7.32. The van der Waals surface area contributed by atoms with Crippen LogP contribution in [0.4, 0.5) is 0 Å². The molecular formula is C49H29N5O3. The van der Waals surface area contributed by atoms with Crippen LogP contribution < -0.4 is 4.74 Å². The molecule has 0 spiro atoms. The van der Waals surface area contributed by atoms with Crippen LogP contribution in [0, 0.1) is 0 Å². The van der Waals surface area contributed by atoms with Crippen molar-refractivity contribution in [2.45, 2.75) is 0 Å². The van der Waals surface area contributed by atoms with Crippen LogP contribution in [-0.4, -0.2) is 24.9 Å². The lowest BCUT2D eigenvalue weighted by Crippen LogP contribution is -2.00. The first-order valence-corrected chi connectivity index (χ1v) is 18.6. The molecule has 0 fully saturated rings. The van der Waals surface area contributed by atoms with Crippen molar-refractivity contribution < 1.29 is 13.6 Å². The summed E-state index contributed by atoms with van der Waals surface area (Å²) in [6, 6.07) is 55.8. The average molecular weight is 736 g/mol. The minimum Gasteiger partial charge on any atom is -0.456 e. The highest BCUT2D eigenvalue weighted by molar-refractivity contribution is 6.09. The molecule has 4 heterocycles. The van der Waals surface area contributed by atoms with Gasteiger partial charge in [-0.2, -0.15) is 0 Å². The van der Waals surface area contributed by atoms with E-state index in [-0.39, 0.29) is 0 Å². The number of furan rings is 2. The van der Waals surface area contributed by atoms with Crippen LogP contribution in [0.5, 0.6) is 11.5 Å². The monoisotopic (exact) mass is 735 g/mol. The molecule has 0 saturated heterocycles. The van der Waals surface area contributed by atoms with E-state index in [9.17, 15) is 0 Å². The van der Waals surface area contributed by atoms with Crippen LogP contribution in [0.1, 0.15) is 0 Å². The van der Waals surface area contributed by atoms with Crippen LogP contribution >= 0.6 is 0 Å². The second kappa shape index (κ2) is 13.4. The number of fused-ring (bicyclic) bond motifs is 6. The SMILES string of the molecule is c1ccc(Oc2cnc(-c3ccc4c(c3)oc3ccc(-c5nc(-c6ccccc6)nc(-c6cccc7c6oc6ccccc67)n5)cc34)nc2-c2ccccc2)cc1. The third kappa shape index (κ3) is 5.84. The van der Waals surface area contributed by atoms with Gasteiger partial charge in [0.15, 0.2) is 29.0 Å². The summed E-state index contributed by atoms with van der Waals surface area (Å²) >= 11 is 0. The first-order chi connectivity index (χ1) is 28.2. The lowest BCUT2D eigenvalue weighted by molar-refractivity contribution is 0.480. The summed E-state index contributed by atoms with van der Waals surface area (Å²) in [6.07, 6.45) is 1.73. The molecule has 57 heavy (non-hydrogen) atoms. The van der Waals surface area contributed by atoms with Gasteiger partial charge in [-0.15, -0.1) is 0 Å². The molecule has 268 valence electrons. The number of nitrogens with zero attached hydrogens (tertiary/aromatic N) is 5. The summed E-state index contributed by atoms with van der Waals surface area (Å²) < 4.78 is 19.1. The van der Waals surface area contributed by atoms with Gasteiger partial charge in [0.05, 0.1) is 11.8 Å². The smallest absolute Gasteiger partial charge is 0.172 e. The number of hydrogen-bond acceptors (Lipinski definition) is 8. The van der Waals surface area contributed by atoms with Crippen molar-refractivity contribution in [1.29, 1.82) is 0 Å². The molecule has 8 heteroatoms. The molecule has 11 aromatic rings. The van der Waals surface area contributed by atoms with E-state index in [0.29, 0.717) is 46.1 Å². The molecule has 0 N–H and O–H groups in total. The summed E-state index contributed by atoms with van der Waals surface area (Å²) in [5.41, 5.74) is 7.97. The zero-order valence-corrected chi connectivity index (χ0v) is 30.2. The Morgan fingerprint density at radius 2 is 1.02 bits per heavy atom. The fraction of sp³-hybridized carbons (Fsp3) is 0. The molecule has 0 aliphatic heterocycles. The molecule has 0 aliphatic carbocycles. The highest BCUT2D eigenvalue weighted by Crippen LogP contribution is 2.38. The Morgan fingerprint density at radius 3 is 1.84 bits per heavy atom. The molecule has 0 saturated carbocycles. The quantitative estimate of drug-likeness (QED) is 0.159. The first-order valence-electron chi connectivity index (χ1n) is 18.6. The minimum absolute atomic E-state index is 0.528. The molecule has 0 unspecified atom stereocenters. The van der Waals surface area contributed by atoms with Crippen molar-refractivity contribution >= 4 is 43.9 Å². The van der Waals surface area contributed by atoms with E-state index in [4.69, 9.17) is 38.5 Å². The number of ether oxygens (including phenoxy) is 1. The van der Waals surface area contributed by atoms with Crippen LogP contribution in [0.15, 0.2) is 185 Å². The van der Waals surface area contributed by atoms with Gasteiger partial charge in [0, 0.05) is 43.8 Å². The molecule has 0 radical (unpaired) electrons.